The highest BCUT2D eigenvalue weighted by atomic mass is 16.4. The Bertz CT molecular complexity index is 472. The Morgan fingerprint density at radius 1 is 1.26 bits per heavy atom. The highest BCUT2D eigenvalue weighted by Crippen LogP contribution is 2.29. The minimum Gasteiger partial charge on any atom is -0.481 e. The molecule has 4 heteroatoms. The van der Waals surface area contributed by atoms with Gasteiger partial charge in [-0.2, -0.15) is 0 Å². The minimum absolute atomic E-state index is 0.156. The molecule has 0 aromatic heterocycles. The van der Waals surface area contributed by atoms with Crippen LogP contribution < -0.4 is 0 Å². The van der Waals surface area contributed by atoms with E-state index in [2.05, 4.69) is 6.58 Å². The number of hydrogen-bond donors (Lipinski definition) is 1. The molecule has 19 heavy (non-hydrogen) atoms. The van der Waals surface area contributed by atoms with Gasteiger partial charge in [-0.25, -0.2) is 0 Å². The fourth-order valence-electron chi connectivity index (χ4n) is 2.11. The van der Waals surface area contributed by atoms with E-state index < -0.39 is 17.8 Å². The van der Waals surface area contributed by atoms with Crippen LogP contribution in [0.2, 0.25) is 0 Å². The van der Waals surface area contributed by atoms with Crippen molar-refractivity contribution in [3.63, 3.8) is 0 Å². The van der Waals surface area contributed by atoms with Crippen LogP contribution in [-0.4, -0.2) is 24.7 Å². The van der Waals surface area contributed by atoms with Gasteiger partial charge in [-0.05, 0) is 19.8 Å². The summed E-state index contributed by atoms with van der Waals surface area (Å²) >= 11 is 0. The first-order valence-electron chi connectivity index (χ1n) is 6.18. The Morgan fingerprint density at radius 3 is 2.32 bits per heavy atom. The van der Waals surface area contributed by atoms with Gasteiger partial charge in [-0.1, -0.05) is 30.4 Å². The van der Waals surface area contributed by atoms with Gasteiger partial charge in [-0.3, -0.25) is 9.59 Å². The number of carboxylic acids is 1. The Hall–Kier alpha value is -1.84. The molecule has 0 aliphatic heterocycles. The normalized spacial score (nSPS) is 23.5. The van der Waals surface area contributed by atoms with Crippen molar-refractivity contribution in [3.8, 4) is 0 Å². The third-order valence-corrected chi connectivity index (χ3v) is 3.16. The fraction of sp³-hybridized carbons (Fsp3) is 0.333. The summed E-state index contributed by atoms with van der Waals surface area (Å²) in [7, 11) is 5.42. The molecule has 1 N–H and O–H groups in total. The summed E-state index contributed by atoms with van der Waals surface area (Å²) in [5.74, 6) is -2.24. The molecule has 98 valence electrons. The summed E-state index contributed by atoms with van der Waals surface area (Å²) in [5.41, 5.74) is 0.823. The third-order valence-electron chi connectivity index (χ3n) is 3.16. The van der Waals surface area contributed by atoms with E-state index in [0.29, 0.717) is 23.9 Å². The molecule has 3 nitrogen and oxygen atoms in total. The average molecular weight is 256 g/mol. The quantitative estimate of drug-likeness (QED) is 0.355. The van der Waals surface area contributed by atoms with Crippen molar-refractivity contribution in [2.24, 2.45) is 11.8 Å². The van der Waals surface area contributed by atoms with E-state index in [-0.39, 0.29) is 5.78 Å². The van der Waals surface area contributed by atoms with Crippen LogP contribution in [-0.2, 0) is 9.59 Å². The van der Waals surface area contributed by atoms with Crippen LogP contribution in [0.25, 0.3) is 0 Å². The van der Waals surface area contributed by atoms with Crippen molar-refractivity contribution in [3.05, 3.63) is 48.0 Å². The molecular formula is C15H17BO3. The molecule has 0 aromatic carbocycles. The first-order chi connectivity index (χ1) is 8.97. The molecule has 1 rings (SSSR count). The van der Waals surface area contributed by atoms with Crippen LogP contribution in [0.4, 0.5) is 0 Å². The summed E-state index contributed by atoms with van der Waals surface area (Å²) in [5, 5.41) is 9.17. The highest BCUT2D eigenvalue weighted by molar-refractivity contribution is 6.23. The molecule has 0 saturated carbocycles. The number of aliphatic carboxylic acids is 1. The zero-order chi connectivity index (χ0) is 14.4. The second-order valence-electron chi connectivity index (χ2n) is 4.51. The number of allylic oxidation sites excluding steroid dienone is 7. The van der Waals surface area contributed by atoms with E-state index in [1.165, 1.54) is 0 Å². The first-order valence-corrected chi connectivity index (χ1v) is 6.18. The molecule has 2 radical (unpaired) electrons. The molecule has 0 unspecified atom stereocenters. The molecule has 0 spiro atoms. The van der Waals surface area contributed by atoms with E-state index in [0.717, 1.165) is 0 Å². The fourth-order valence-corrected chi connectivity index (χ4v) is 2.11. The lowest BCUT2D eigenvalue weighted by atomic mass is 9.78. The number of rotatable bonds is 5. The van der Waals surface area contributed by atoms with Gasteiger partial charge < -0.3 is 5.11 Å². The SMILES string of the molecule is [B]C(=C)/C=C\C(=C/C)C(=O)[C@@H]1CC=CC[C@H]1C(=O)O. The maximum Gasteiger partial charge on any atom is 0.307 e. The first kappa shape index (κ1) is 15.2. The maximum absolute atomic E-state index is 12.4. The topological polar surface area (TPSA) is 54.4 Å². The minimum atomic E-state index is -0.926. The number of carbonyl (C=O) groups excluding carboxylic acids is 1. The standard InChI is InChI=1S/C15H17BO3/c1-3-11(9-8-10(2)16)14(17)12-6-4-5-7-13(12)15(18)19/h3-5,8-9,12-13H,2,6-7H2,1H3,(H,18,19)/b9-8-,11-3+/t12-,13-/m1/s1. The number of Topliss-reactive ketones (excluding diaryl/α,β-unsaturated/α-hetero) is 1. The molecule has 2 atom stereocenters. The lowest BCUT2D eigenvalue weighted by Crippen LogP contribution is -2.31. The Kier molecular flexibility index (Phi) is 5.55. The van der Waals surface area contributed by atoms with Crippen LogP contribution in [0.5, 0.6) is 0 Å². The van der Waals surface area contributed by atoms with Gasteiger partial charge >= 0.3 is 5.97 Å². The molecule has 1 aliphatic carbocycles. The average Bonchev–Trinajstić information content (AvgIpc) is 2.38. The van der Waals surface area contributed by atoms with E-state index in [4.69, 9.17) is 7.85 Å². The number of ketones is 1. The van der Waals surface area contributed by atoms with Crippen molar-refractivity contribution in [2.75, 3.05) is 0 Å². The summed E-state index contributed by atoms with van der Waals surface area (Å²) in [4.78, 5) is 23.6. The molecule has 0 bridgehead atoms. The van der Waals surface area contributed by atoms with Crippen LogP contribution in [0.3, 0.4) is 0 Å². The molecule has 0 saturated heterocycles. The lowest BCUT2D eigenvalue weighted by molar-refractivity contribution is -0.146. The lowest BCUT2D eigenvalue weighted by Gasteiger charge is -2.24. The smallest absolute Gasteiger partial charge is 0.307 e. The van der Waals surface area contributed by atoms with E-state index >= 15 is 0 Å². The summed E-state index contributed by atoms with van der Waals surface area (Å²) in [6.45, 7) is 5.26. The van der Waals surface area contributed by atoms with Crippen LogP contribution in [0, 0.1) is 11.8 Å². The molecule has 0 amide bonds. The summed E-state index contributed by atoms with van der Waals surface area (Å²) < 4.78 is 0. The molecule has 0 fully saturated rings. The van der Waals surface area contributed by atoms with Gasteiger partial charge in [0.25, 0.3) is 0 Å². The number of hydrogen-bond acceptors (Lipinski definition) is 2. The van der Waals surface area contributed by atoms with Crippen molar-refractivity contribution >= 4 is 19.6 Å². The van der Waals surface area contributed by atoms with E-state index in [1.807, 2.05) is 12.2 Å². The predicted molar refractivity (Wildman–Crippen MR) is 75.8 cm³/mol. The van der Waals surface area contributed by atoms with Crippen LogP contribution >= 0.6 is 0 Å². The Morgan fingerprint density at radius 2 is 1.84 bits per heavy atom. The van der Waals surface area contributed by atoms with Crippen molar-refractivity contribution in [1.82, 2.24) is 0 Å². The second-order valence-corrected chi connectivity index (χ2v) is 4.51. The monoisotopic (exact) mass is 256 g/mol. The molecule has 1 aliphatic rings. The highest BCUT2D eigenvalue weighted by Gasteiger charge is 2.34. The van der Waals surface area contributed by atoms with Crippen LogP contribution in [0.1, 0.15) is 19.8 Å². The van der Waals surface area contributed by atoms with Gasteiger partial charge in [0.2, 0.25) is 0 Å². The van der Waals surface area contributed by atoms with Crippen molar-refractivity contribution < 1.29 is 14.7 Å². The van der Waals surface area contributed by atoms with Crippen molar-refractivity contribution in [1.29, 1.82) is 0 Å². The summed E-state index contributed by atoms with van der Waals surface area (Å²) in [6, 6.07) is 0. The van der Waals surface area contributed by atoms with Gasteiger partial charge in [0.05, 0.1) is 5.92 Å². The number of carbonyl (C=O) groups is 2. The second kappa shape index (κ2) is 6.93. The maximum atomic E-state index is 12.4. The van der Waals surface area contributed by atoms with E-state index in [9.17, 15) is 14.7 Å². The Balaban J connectivity index is 2.93. The van der Waals surface area contributed by atoms with Gasteiger partial charge in [0, 0.05) is 11.5 Å². The molecular weight excluding hydrogens is 239 g/mol. The number of carboxylic acid groups (broad SMARTS) is 1. The van der Waals surface area contributed by atoms with E-state index in [1.54, 1.807) is 25.2 Å². The van der Waals surface area contributed by atoms with Gasteiger partial charge in [0.1, 0.15) is 7.85 Å². The zero-order valence-corrected chi connectivity index (χ0v) is 11.0. The third kappa shape index (κ3) is 4.09. The predicted octanol–water partition coefficient (Wildman–Crippen LogP) is 2.41. The van der Waals surface area contributed by atoms with Gasteiger partial charge in [0.15, 0.2) is 5.78 Å². The molecule has 0 heterocycles. The summed E-state index contributed by atoms with van der Waals surface area (Å²) in [6.07, 6.45) is 9.33. The zero-order valence-electron chi connectivity index (χ0n) is 11.0. The molecule has 0 aromatic rings. The van der Waals surface area contributed by atoms with Gasteiger partial charge in [-0.15, -0.1) is 12.1 Å². The Labute approximate surface area is 114 Å². The van der Waals surface area contributed by atoms with Crippen molar-refractivity contribution in [2.45, 2.75) is 19.8 Å². The van der Waals surface area contributed by atoms with Crippen LogP contribution in [0.15, 0.2) is 48.0 Å². The largest absolute Gasteiger partial charge is 0.481 e.